The number of morpholine rings is 1. The molecule has 23 heavy (non-hydrogen) atoms. The molecule has 3 atom stereocenters. The third-order valence-corrected chi connectivity index (χ3v) is 5.01. The van der Waals surface area contributed by atoms with Gasteiger partial charge in [-0.05, 0) is 24.5 Å². The molecular formula is C17H22N4O2. The summed E-state index contributed by atoms with van der Waals surface area (Å²) in [6.07, 6.45) is 2.14. The fraction of sp³-hybridized carbons (Fsp3) is 0.529. The first-order chi connectivity index (χ1) is 11.3. The van der Waals surface area contributed by atoms with E-state index in [1.165, 1.54) is 5.56 Å². The summed E-state index contributed by atoms with van der Waals surface area (Å²) in [4.78, 5) is 2.34. The minimum absolute atomic E-state index is 0.0814. The molecule has 6 nitrogen and oxygen atoms in total. The standard InChI is InChI=1S/C17H22N4O2/c1-2-20-11-18-19-17(20)15-10-21(7-8-23-15)14-9-12-5-3-4-6-13(12)16(14)22/h3-6,11,14-16,22H,2,7-10H2,1H3/t14-,15-,16+/m0/s1. The van der Waals surface area contributed by atoms with Crippen LogP contribution in [-0.2, 0) is 17.7 Å². The fourth-order valence-corrected chi connectivity index (χ4v) is 3.77. The highest BCUT2D eigenvalue weighted by Crippen LogP contribution is 2.36. The number of ether oxygens (including phenoxy) is 1. The van der Waals surface area contributed by atoms with E-state index in [1.807, 2.05) is 22.8 Å². The van der Waals surface area contributed by atoms with Gasteiger partial charge >= 0.3 is 0 Å². The van der Waals surface area contributed by atoms with Gasteiger partial charge in [-0.15, -0.1) is 10.2 Å². The molecule has 0 radical (unpaired) electrons. The van der Waals surface area contributed by atoms with Crippen LogP contribution in [0.1, 0.15) is 36.1 Å². The molecule has 2 aliphatic rings. The van der Waals surface area contributed by atoms with E-state index in [-0.39, 0.29) is 12.1 Å². The zero-order chi connectivity index (χ0) is 15.8. The van der Waals surface area contributed by atoms with Crippen LogP contribution in [0.15, 0.2) is 30.6 Å². The molecule has 1 saturated heterocycles. The molecule has 0 saturated carbocycles. The summed E-state index contributed by atoms with van der Waals surface area (Å²) < 4.78 is 7.94. The maximum Gasteiger partial charge on any atom is 0.163 e. The summed E-state index contributed by atoms with van der Waals surface area (Å²) in [5, 5.41) is 18.9. The summed E-state index contributed by atoms with van der Waals surface area (Å²) in [7, 11) is 0. The number of aromatic nitrogens is 3. The lowest BCUT2D eigenvalue weighted by Gasteiger charge is -2.37. The molecule has 1 fully saturated rings. The van der Waals surface area contributed by atoms with Gasteiger partial charge < -0.3 is 14.4 Å². The van der Waals surface area contributed by atoms with Crippen molar-refractivity contribution in [2.24, 2.45) is 0 Å². The van der Waals surface area contributed by atoms with Gasteiger partial charge in [0.05, 0.1) is 12.7 Å². The fourth-order valence-electron chi connectivity index (χ4n) is 3.77. The third-order valence-electron chi connectivity index (χ3n) is 5.01. The molecule has 1 aliphatic carbocycles. The van der Waals surface area contributed by atoms with Crippen LogP contribution < -0.4 is 0 Å². The molecule has 0 amide bonds. The average Bonchev–Trinajstić information content (AvgIpc) is 3.20. The highest BCUT2D eigenvalue weighted by atomic mass is 16.5. The van der Waals surface area contributed by atoms with Gasteiger partial charge in [0, 0.05) is 25.7 Å². The molecule has 1 aromatic carbocycles. The monoisotopic (exact) mass is 314 g/mol. The van der Waals surface area contributed by atoms with E-state index in [2.05, 4.69) is 28.1 Å². The molecule has 2 heterocycles. The summed E-state index contributed by atoms with van der Waals surface area (Å²) in [6, 6.07) is 8.31. The Bertz CT molecular complexity index is 687. The van der Waals surface area contributed by atoms with Gasteiger partial charge in [0.15, 0.2) is 5.82 Å². The highest BCUT2D eigenvalue weighted by Gasteiger charge is 2.38. The predicted octanol–water partition coefficient (Wildman–Crippen LogP) is 1.33. The Morgan fingerprint density at radius 2 is 2.22 bits per heavy atom. The van der Waals surface area contributed by atoms with Gasteiger partial charge in [-0.25, -0.2) is 0 Å². The lowest BCUT2D eigenvalue weighted by molar-refractivity contribution is -0.0677. The Balaban J connectivity index is 1.53. The smallest absolute Gasteiger partial charge is 0.163 e. The number of aliphatic hydroxyl groups is 1. The van der Waals surface area contributed by atoms with E-state index in [9.17, 15) is 5.11 Å². The molecule has 0 unspecified atom stereocenters. The van der Waals surface area contributed by atoms with Crippen molar-refractivity contribution in [1.82, 2.24) is 19.7 Å². The topological polar surface area (TPSA) is 63.4 Å². The number of hydrogen-bond donors (Lipinski definition) is 1. The molecule has 2 aromatic rings. The van der Waals surface area contributed by atoms with E-state index < -0.39 is 6.10 Å². The van der Waals surface area contributed by atoms with Crippen molar-refractivity contribution < 1.29 is 9.84 Å². The van der Waals surface area contributed by atoms with Gasteiger partial charge in [-0.3, -0.25) is 4.90 Å². The van der Waals surface area contributed by atoms with E-state index in [1.54, 1.807) is 6.33 Å². The largest absolute Gasteiger partial charge is 0.387 e. The second kappa shape index (κ2) is 6.03. The van der Waals surface area contributed by atoms with Crippen LogP contribution in [0.4, 0.5) is 0 Å². The van der Waals surface area contributed by atoms with Crippen LogP contribution in [0.2, 0.25) is 0 Å². The zero-order valence-corrected chi connectivity index (χ0v) is 13.3. The van der Waals surface area contributed by atoms with E-state index in [0.717, 1.165) is 37.4 Å². The third kappa shape index (κ3) is 2.56. The van der Waals surface area contributed by atoms with Crippen molar-refractivity contribution in [2.75, 3.05) is 19.7 Å². The normalized spacial score (nSPS) is 28.0. The number of fused-ring (bicyclic) bond motifs is 1. The first-order valence-electron chi connectivity index (χ1n) is 8.27. The van der Waals surface area contributed by atoms with Gasteiger partial charge in [-0.1, -0.05) is 24.3 Å². The number of benzene rings is 1. The molecule has 122 valence electrons. The number of rotatable bonds is 3. The Labute approximate surface area is 135 Å². The number of aryl methyl sites for hydroxylation is 1. The van der Waals surface area contributed by atoms with Gasteiger partial charge in [0.1, 0.15) is 12.4 Å². The van der Waals surface area contributed by atoms with Crippen molar-refractivity contribution >= 4 is 0 Å². The number of aliphatic hydroxyl groups excluding tert-OH is 1. The SMILES string of the molecule is CCn1cnnc1[C@@H]1CN([C@H]2Cc3ccccc3[C@H]2O)CCO1. The molecule has 4 rings (SSSR count). The molecule has 6 heteroatoms. The van der Waals surface area contributed by atoms with Crippen molar-refractivity contribution in [3.05, 3.63) is 47.5 Å². The van der Waals surface area contributed by atoms with Crippen LogP contribution >= 0.6 is 0 Å². The van der Waals surface area contributed by atoms with Crippen molar-refractivity contribution in [2.45, 2.75) is 38.1 Å². The molecule has 1 aromatic heterocycles. The lowest BCUT2D eigenvalue weighted by atomic mass is 10.1. The van der Waals surface area contributed by atoms with Crippen LogP contribution in [0.3, 0.4) is 0 Å². The quantitative estimate of drug-likeness (QED) is 0.926. The second-order valence-corrected chi connectivity index (χ2v) is 6.24. The molecule has 1 N–H and O–H groups in total. The predicted molar refractivity (Wildman–Crippen MR) is 84.9 cm³/mol. The number of nitrogens with zero attached hydrogens (tertiary/aromatic N) is 4. The number of hydrogen-bond acceptors (Lipinski definition) is 5. The Hall–Kier alpha value is -1.76. The Morgan fingerprint density at radius 1 is 1.35 bits per heavy atom. The summed E-state index contributed by atoms with van der Waals surface area (Å²) in [6.45, 7) is 5.15. The van der Waals surface area contributed by atoms with E-state index in [0.29, 0.717) is 6.61 Å². The molecular weight excluding hydrogens is 292 g/mol. The average molecular weight is 314 g/mol. The van der Waals surface area contributed by atoms with Crippen LogP contribution in [-0.4, -0.2) is 50.5 Å². The maximum atomic E-state index is 10.7. The summed E-state index contributed by atoms with van der Waals surface area (Å²) >= 11 is 0. The minimum Gasteiger partial charge on any atom is -0.387 e. The van der Waals surface area contributed by atoms with Gasteiger partial charge in [0.2, 0.25) is 0 Å². The van der Waals surface area contributed by atoms with Crippen LogP contribution in [0, 0.1) is 0 Å². The molecule has 1 aliphatic heterocycles. The van der Waals surface area contributed by atoms with Crippen molar-refractivity contribution in [1.29, 1.82) is 0 Å². The van der Waals surface area contributed by atoms with Gasteiger partial charge in [-0.2, -0.15) is 0 Å². The lowest BCUT2D eigenvalue weighted by Crippen LogP contribution is -2.47. The summed E-state index contributed by atoms with van der Waals surface area (Å²) in [5.41, 5.74) is 2.32. The zero-order valence-electron chi connectivity index (χ0n) is 13.3. The van der Waals surface area contributed by atoms with Crippen molar-refractivity contribution in [3.8, 4) is 0 Å². The Kier molecular flexibility index (Phi) is 3.88. The molecule has 0 bridgehead atoms. The second-order valence-electron chi connectivity index (χ2n) is 6.24. The van der Waals surface area contributed by atoms with E-state index in [4.69, 9.17) is 4.74 Å². The first kappa shape index (κ1) is 14.8. The Morgan fingerprint density at radius 3 is 3.04 bits per heavy atom. The minimum atomic E-state index is -0.422. The van der Waals surface area contributed by atoms with Crippen molar-refractivity contribution in [3.63, 3.8) is 0 Å². The summed E-state index contributed by atoms with van der Waals surface area (Å²) in [5.74, 6) is 0.877. The van der Waals surface area contributed by atoms with E-state index >= 15 is 0 Å². The first-order valence-corrected chi connectivity index (χ1v) is 8.27. The van der Waals surface area contributed by atoms with Crippen LogP contribution in [0.25, 0.3) is 0 Å². The highest BCUT2D eigenvalue weighted by molar-refractivity contribution is 5.36. The van der Waals surface area contributed by atoms with Gasteiger partial charge in [0.25, 0.3) is 0 Å². The molecule has 0 spiro atoms. The van der Waals surface area contributed by atoms with Crippen LogP contribution in [0.5, 0.6) is 0 Å². The maximum absolute atomic E-state index is 10.7.